The molecule has 4 nitrogen and oxygen atoms in total. The number of aromatic nitrogens is 3. The normalized spacial score (nSPS) is 13.8. The highest BCUT2D eigenvalue weighted by Crippen LogP contribution is 2.29. The lowest BCUT2D eigenvalue weighted by molar-refractivity contribution is 0.142. The van der Waals surface area contributed by atoms with Crippen molar-refractivity contribution in [1.29, 1.82) is 0 Å². The van der Waals surface area contributed by atoms with Gasteiger partial charge in [-0.05, 0) is 30.9 Å². The minimum absolute atomic E-state index is 0.0989. The summed E-state index contributed by atoms with van der Waals surface area (Å²) in [5, 5.41) is -0.137. The van der Waals surface area contributed by atoms with E-state index < -0.39 is 0 Å². The Morgan fingerprint density at radius 3 is 2.85 bits per heavy atom. The highest BCUT2D eigenvalue weighted by molar-refractivity contribution is 6.20. The van der Waals surface area contributed by atoms with Crippen LogP contribution in [0.4, 0.5) is 0 Å². The number of rotatable bonds is 6. The van der Waals surface area contributed by atoms with Crippen LogP contribution in [0, 0.1) is 5.41 Å². The molecule has 0 aromatic carbocycles. The van der Waals surface area contributed by atoms with E-state index in [0.717, 1.165) is 36.6 Å². The van der Waals surface area contributed by atoms with Crippen molar-refractivity contribution in [2.75, 3.05) is 13.7 Å². The molecule has 1 atom stereocenters. The van der Waals surface area contributed by atoms with Crippen molar-refractivity contribution in [1.82, 2.24) is 14.5 Å². The molecule has 1 unspecified atom stereocenters. The van der Waals surface area contributed by atoms with Crippen molar-refractivity contribution < 1.29 is 4.74 Å². The molecular weight excluding hydrogens is 274 g/mol. The van der Waals surface area contributed by atoms with E-state index in [1.165, 1.54) is 0 Å². The van der Waals surface area contributed by atoms with E-state index >= 15 is 0 Å². The Bertz CT molecular complexity index is 578. The van der Waals surface area contributed by atoms with E-state index in [9.17, 15) is 0 Å². The first-order valence-corrected chi connectivity index (χ1v) is 7.32. The van der Waals surface area contributed by atoms with Crippen molar-refractivity contribution >= 4 is 22.8 Å². The van der Waals surface area contributed by atoms with Gasteiger partial charge in [-0.2, -0.15) is 0 Å². The zero-order valence-corrected chi connectivity index (χ0v) is 13.3. The van der Waals surface area contributed by atoms with Gasteiger partial charge in [0.05, 0.1) is 5.38 Å². The zero-order chi connectivity index (χ0) is 14.8. The minimum atomic E-state index is -0.137. The molecule has 0 radical (unpaired) electrons. The monoisotopic (exact) mass is 295 g/mol. The maximum absolute atomic E-state index is 6.28. The molecule has 2 aromatic heterocycles. The molecule has 0 fully saturated rings. The molecular formula is C15H22ClN3O. The van der Waals surface area contributed by atoms with Gasteiger partial charge in [0.2, 0.25) is 0 Å². The third kappa shape index (κ3) is 3.30. The van der Waals surface area contributed by atoms with Gasteiger partial charge >= 0.3 is 0 Å². The van der Waals surface area contributed by atoms with Crippen LogP contribution in [0.3, 0.4) is 0 Å². The van der Waals surface area contributed by atoms with Gasteiger partial charge in [0.25, 0.3) is 0 Å². The molecule has 0 aliphatic carbocycles. The predicted molar refractivity (Wildman–Crippen MR) is 82.1 cm³/mol. The fourth-order valence-corrected chi connectivity index (χ4v) is 2.49. The minimum Gasteiger partial charge on any atom is -0.385 e. The second kappa shape index (κ2) is 6.10. The molecule has 2 aromatic rings. The highest BCUT2D eigenvalue weighted by Gasteiger charge is 2.23. The SMILES string of the molecule is COCCC(C)(C)Cn1c(C(C)Cl)nc2cccnc21. The summed E-state index contributed by atoms with van der Waals surface area (Å²) >= 11 is 6.28. The number of hydrogen-bond donors (Lipinski definition) is 0. The molecule has 0 spiro atoms. The molecule has 0 aliphatic heterocycles. The van der Waals surface area contributed by atoms with Gasteiger partial charge in [-0.25, -0.2) is 9.97 Å². The van der Waals surface area contributed by atoms with Crippen LogP contribution in [0.15, 0.2) is 18.3 Å². The molecule has 0 saturated carbocycles. The fourth-order valence-electron chi connectivity index (χ4n) is 2.32. The molecule has 0 bridgehead atoms. The van der Waals surface area contributed by atoms with E-state index in [-0.39, 0.29) is 10.8 Å². The first kappa shape index (κ1) is 15.3. The summed E-state index contributed by atoms with van der Waals surface area (Å²) in [6, 6.07) is 3.88. The van der Waals surface area contributed by atoms with E-state index in [1.54, 1.807) is 13.3 Å². The van der Waals surface area contributed by atoms with E-state index in [4.69, 9.17) is 16.3 Å². The number of hydrogen-bond acceptors (Lipinski definition) is 3. The van der Waals surface area contributed by atoms with Gasteiger partial charge in [-0.1, -0.05) is 13.8 Å². The van der Waals surface area contributed by atoms with E-state index in [0.29, 0.717) is 0 Å². The maximum Gasteiger partial charge on any atom is 0.160 e. The van der Waals surface area contributed by atoms with Crippen molar-refractivity contribution in [3.8, 4) is 0 Å². The highest BCUT2D eigenvalue weighted by atomic mass is 35.5. The van der Waals surface area contributed by atoms with Gasteiger partial charge in [0.1, 0.15) is 11.3 Å². The average molecular weight is 296 g/mol. The molecule has 20 heavy (non-hydrogen) atoms. The van der Waals surface area contributed by atoms with Crippen molar-refractivity contribution in [3.63, 3.8) is 0 Å². The molecule has 0 amide bonds. The van der Waals surface area contributed by atoms with Gasteiger partial charge in [-0.15, -0.1) is 11.6 Å². The van der Waals surface area contributed by atoms with Crippen molar-refractivity contribution in [3.05, 3.63) is 24.2 Å². The van der Waals surface area contributed by atoms with Crippen molar-refractivity contribution in [2.45, 2.75) is 39.1 Å². The summed E-state index contributed by atoms with van der Waals surface area (Å²) in [6.45, 7) is 7.98. The quantitative estimate of drug-likeness (QED) is 0.761. The number of nitrogens with zero attached hydrogens (tertiary/aromatic N) is 3. The smallest absolute Gasteiger partial charge is 0.160 e. The van der Waals surface area contributed by atoms with Crippen LogP contribution in [0.1, 0.15) is 38.4 Å². The first-order chi connectivity index (χ1) is 9.44. The summed E-state index contributed by atoms with van der Waals surface area (Å²) in [7, 11) is 1.73. The molecule has 0 aliphatic rings. The van der Waals surface area contributed by atoms with Crippen LogP contribution < -0.4 is 0 Å². The number of imidazole rings is 1. The second-order valence-electron chi connectivity index (χ2n) is 5.93. The number of alkyl halides is 1. The third-order valence-electron chi connectivity index (χ3n) is 3.46. The first-order valence-electron chi connectivity index (χ1n) is 6.89. The Balaban J connectivity index is 2.39. The summed E-state index contributed by atoms with van der Waals surface area (Å²) in [4.78, 5) is 9.07. The van der Waals surface area contributed by atoms with Crippen LogP contribution in [-0.2, 0) is 11.3 Å². The van der Waals surface area contributed by atoms with Crippen LogP contribution in [0.5, 0.6) is 0 Å². The third-order valence-corrected chi connectivity index (χ3v) is 3.65. The lowest BCUT2D eigenvalue weighted by Crippen LogP contribution is -2.23. The second-order valence-corrected chi connectivity index (χ2v) is 6.58. The molecule has 2 heterocycles. The Hall–Kier alpha value is -1.13. The Labute approximate surface area is 125 Å². The van der Waals surface area contributed by atoms with Gasteiger partial charge in [0, 0.05) is 26.5 Å². The number of ether oxygens (including phenoxy) is 1. The van der Waals surface area contributed by atoms with E-state index in [1.807, 2.05) is 19.1 Å². The lowest BCUT2D eigenvalue weighted by Gasteiger charge is -2.26. The summed E-state index contributed by atoms with van der Waals surface area (Å²) in [5.74, 6) is 0.880. The summed E-state index contributed by atoms with van der Waals surface area (Å²) < 4.78 is 7.34. The van der Waals surface area contributed by atoms with Gasteiger partial charge in [0.15, 0.2) is 5.65 Å². The van der Waals surface area contributed by atoms with Crippen LogP contribution >= 0.6 is 11.6 Å². The zero-order valence-electron chi connectivity index (χ0n) is 12.6. The van der Waals surface area contributed by atoms with Crippen LogP contribution in [-0.4, -0.2) is 28.3 Å². The van der Waals surface area contributed by atoms with Crippen molar-refractivity contribution in [2.24, 2.45) is 5.41 Å². The number of halogens is 1. The standard InChI is InChI=1S/C15H22ClN3O/c1-11(16)13-18-12-6-5-8-17-14(12)19(13)10-15(2,3)7-9-20-4/h5-6,8,11H,7,9-10H2,1-4H3. The predicted octanol–water partition coefficient (Wildman–Crippen LogP) is 3.79. The average Bonchev–Trinajstić information content (AvgIpc) is 2.75. The molecule has 110 valence electrons. The largest absolute Gasteiger partial charge is 0.385 e. The molecule has 5 heteroatoms. The Kier molecular flexibility index (Phi) is 4.66. The molecule has 0 saturated heterocycles. The Morgan fingerprint density at radius 1 is 1.45 bits per heavy atom. The van der Waals surface area contributed by atoms with E-state index in [2.05, 4.69) is 28.4 Å². The fraction of sp³-hybridized carbons (Fsp3) is 0.600. The molecule has 0 N–H and O–H groups in total. The number of fused-ring (bicyclic) bond motifs is 1. The topological polar surface area (TPSA) is 39.9 Å². The molecule has 2 rings (SSSR count). The van der Waals surface area contributed by atoms with Crippen LogP contribution in [0.2, 0.25) is 0 Å². The van der Waals surface area contributed by atoms with Gasteiger partial charge < -0.3 is 9.30 Å². The van der Waals surface area contributed by atoms with Gasteiger partial charge in [-0.3, -0.25) is 0 Å². The summed E-state index contributed by atoms with van der Waals surface area (Å²) in [5.41, 5.74) is 1.90. The number of methoxy groups -OCH3 is 1. The number of pyridine rings is 1. The Morgan fingerprint density at radius 2 is 2.20 bits per heavy atom. The summed E-state index contributed by atoms with van der Waals surface area (Å²) in [6.07, 6.45) is 2.78. The maximum atomic E-state index is 6.28. The lowest BCUT2D eigenvalue weighted by atomic mass is 9.89. The van der Waals surface area contributed by atoms with Crippen LogP contribution in [0.25, 0.3) is 11.2 Å².